The fourth-order valence-corrected chi connectivity index (χ4v) is 3.34. The molecule has 1 heterocycles. The molecule has 1 unspecified atom stereocenters. The quantitative estimate of drug-likeness (QED) is 0.715. The van der Waals surface area contributed by atoms with Crippen molar-refractivity contribution in [1.82, 2.24) is 15.0 Å². The first-order valence-electron chi connectivity index (χ1n) is 8.00. The molecule has 0 aliphatic heterocycles. The lowest BCUT2D eigenvalue weighted by molar-refractivity contribution is 0.175. The molecule has 2 aromatic rings. The number of halogens is 1. The Kier molecular flexibility index (Phi) is 4.93. The Bertz CT molecular complexity index is 624. The lowest BCUT2D eigenvalue weighted by Gasteiger charge is -2.28. The van der Waals surface area contributed by atoms with E-state index in [0.29, 0.717) is 18.5 Å². The molecule has 1 fully saturated rings. The maximum Gasteiger partial charge on any atom is 0.240 e. The fraction of sp³-hybridized carbons (Fsp3) is 0.529. The number of hydrogen-bond acceptors (Lipinski definition) is 4. The average molecular weight is 364 g/mol. The predicted molar refractivity (Wildman–Crippen MR) is 89.5 cm³/mol. The molecule has 22 heavy (non-hydrogen) atoms. The Labute approximate surface area is 140 Å². The van der Waals surface area contributed by atoms with Gasteiger partial charge in [-0.25, -0.2) is 0 Å². The van der Waals surface area contributed by atoms with Crippen molar-refractivity contribution in [1.29, 1.82) is 0 Å². The molecule has 0 N–H and O–H groups in total. The Balaban J connectivity index is 1.74. The highest BCUT2D eigenvalue weighted by Crippen LogP contribution is 2.38. The van der Waals surface area contributed by atoms with Gasteiger partial charge in [-0.3, -0.25) is 4.90 Å². The lowest BCUT2D eigenvalue weighted by Crippen LogP contribution is -2.28. The van der Waals surface area contributed by atoms with Crippen molar-refractivity contribution in [2.45, 2.75) is 51.6 Å². The number of hydrogen-bond donors (Lipinski definition) is 0. The standard InChI is InChI=1S/C17H22BrN3O/c1-3-10-21(12(2)14-6-4-5-7-15(14)18)11-16-19-17(20-22-16)13-8-9-13/h4-7,12-13H,3,8-11H2,1-2H3. The van der Waals surface area contributed by atoms with Gasteiger partial charge in [0.25, 0.3) is 0 Å². The third-order valence-electron chi connectivity index (χ3n) is 4.18. The SMILES string of the molecule is CCCN(Cc1nc(C2CC2)no1)C(C)c1ccccc1Br. The van der Waals surface area contributed by atoms with Gasteiger partial charge >= 0.3 is 0 Å². The maximum absolute atomic E-state index is 5.44. The predicted octanol–water partition coefficient (Wildman–Crippen LogP) is 4.68. The molecule has 1 aromatic heterocycles. The molecule has 0 bridgehead atoms. The zero-order chi connectivity index (χ0) is 15.5. The van der Waals surface area contributed by atoms with Crippen molar-refractivity contribution in [3.8, 4) is 0 Å². The Morgan fingerprint density at radius 2 is 2.14 bits per heavy atom. The van der Waals surface area contributed by atoms with E-state index in [4.69, 9.17) is 4.52 Å². The van der Waals surface area contributed by atoms with Crippen molar-refractivity contribution in [3.63, 3.8) is 0 Å². The molecule has 0 saturated heterocycles. The van der Waals surface area contributed by atoms with Crippen molar-refractivity contribution in [3.05, 3.63) is 46.0 Å². The van der Waals surface area contributed by atoms with E-state index in [1.807, 2.05) is 6.07 Å². The molecule has 3 rings (SSSR count). The van der Waals surface area contributed by atoms with Crippen LogP contribution in [0.5, 0.6) is 0 Å². The van der Waals surface area contributed by atoms with E-state index in [-0.39, 0.29) is 0 Å². The summed E-state index contributed by atoms with van der Waals surface area (Å²) in [4.78, 5) is 6.95. The van der Waals surface area contributed by atoms with Gasteiger partial charge < -0.3 is 4.52 Å². The van der Waals surface area contributed by atoms with Gasteiger partial charge in [-0.1, -0.05) is 46.2 Å². The summed E-state index contributed by atoms with van der Waals surface area (Å²) in [6.45, 7) is 6.14. The first kappa shape index (κ1) is 15.7. The minimum Gasteiger partial charge on any atom is -0.338 e. The van der Waals surface area contributed by atoms with Gasteiger partial charge in [-0.15, -0.1) is 0 Å². The van der Waals surface area contributed by atoms with Crippen LogP contribution in [0.15, 0.2) is 33.3 Å². The monoisotopic (exact) mass is 363 g/mol. The summed E-state index contributed by atoms with van der Waals surface area (Å²) in [5.74, 6) is 2.16. The van der Waals surface area contributed by atoms with Crippen LogP contribution in [0.4, 0.5) is 0 Å². The summed E-state index contributed by atoms with van der Waals surface area (Å²) in [5.41, 5.74) is 1.29. The molecule has 1 atom stereocenters. The van der Waals surface area contributed by atoms with Crippen LogP contribution in [0.25, 0.3) is 0 Å². The zero-order valence-electron chi connectivity index (χ0n) is 13.1. The van der Waals surface area contributed by atoms with E-state index in [9.17, 15) is 0 Å². The highest BCUT2D eigenvalue weighted by atomic mass is 79.9. The van der Waals surface area contributed by atoms with Gasteiger partial charge in [0.2, 0.25) is 5.89 Å². The van der Waals surface area contributed by atoms with Gasteiger partial charge in [0.1, 0.15) is 0 Å². The zero-order valence-corrected chi connectivity index (χ0v) is 14.7. The summed E-state index contributed by atoms with van der Waals surface area (Å²) in [5, 5.41) is 4.12. The first-order chi connectivity index (χ1) is 10.7. The summed E-state index contributed by atoms with van der Waals surface area (Å²) < 4.78 is 6.59. The molecule has 5 heteroatoms. The smallest absolute Gasteiger partial charge is 0.240 e. The van der Waals surface area contributed by atoms with Crippen LogP contribution in [0.2, 0.25) is 0 Å². The molecule has 1 aliphatic carbocycles. The van der Waals surface area contributed by atoms with Crippen molar-refractivity contribution >= 4 is 15.9 Å². The van der Waals surface area contributed by atoms with Crippen LogP contribution in [0.3, 0.4) is 0 Å². The second-order valence-corrected chi connectivity index (χ2v) is 6.84. The Morgan fingerprint density at radius 3 is 2.82 bits per heavy atom. The number of nitrogens with zero attached hydrogens (tertiary/aromatic N) is 3. The van der Waals surface area contributed by atoms with Gasteiger partial charge in [-0.2, -0.15) is 4.98 Å². The third-order valence-corrected chi connectivity index (χ3v) is 4.90. The fourth-order valence-electron chi connectivity index (χ4n) is 2.72. The summed E-state index contributed by atoms with van der Waals surface area (Å²) in [6, 6.07) is 8.68. The van der Waals surface area contributed by atoms with Crippen LogP contribution in [-0.2, 0) is 6.54 Å². The van der Waals surface area contributed by atoms with Gasteiger partial charge in [0.05, 0.1) is 6.54 Å². The first-order valence-corrected chi connectivity index (χ1v) is 8.79. The van der Waals surface area contributed by atoms with E-state index in [2.05, 4.69) is 63.0 Å². The maximum atomic E-state index is 5.44. The molecular weight excluding hydrogens is 342 g/mol. The van der Waals surface area contributed by atoms with E-state index < -0.39 is 0 Å². The van der Waals surface area contributed by atoms with Crippen molar-refractivity contribution in [2.24, 2.45) is 0 Å². The molecular formula is C17H22BrN3O. The van der Waals surface area contributed by atoms with Crippen LogP contribution in [0, 0.1) is 0 Å². The summed E-state index contributed by atoms with van der Waals surface area (Å²) in [7, 11) is 0. The van der Waals surface area contributed by atoms with Crippen LogP contribution < -0.4 is 0 Å². The Hall–Kier alpha value is -1.20. The summed E-state index contributed by atoms with van der Waals surface area (Å²) >= 11 is 3.66. The second-order valence-electron chi connectivity index (χ2n) is 5.99. The minimum atomic E-state index is 0.298. The Morgan fingerprint density at radius 1 is 1.36 bits per heavy atom. The molecule has 4 nitrogen and oxygen atoms in total. The lowest BCUT2D eigenvalue weighted by atomic mass is 10.1. The molecule has 0 radical (unpaired) electrons. The third kappa shape index (κ3) is 3.58. The molecule has 0 amide bonds. The van der Waals surface area contributed by atoms with Crippen LogP contribution in [-0.4, -0.2) is 21.6 Å². The van der Waals surface area contributed by atoms with Crippen molar-refractivity contribution in [2.75, 3.05) is 6.54 Å². The molecule has 1 aromatic carbocycles. The normalized spacial score (nSPS) is 16.2. The summed E-state index contributed by atoms with van der Waals surface area (Å²) in [6.07, 6.45) is 3.49. The average Bonchev–Trinajstić information content (AvgIpc) is 3.27. The topological polar surface area (TPSA) is 42.2 Å². The van der Waals surface area contributed by atoms with E-state index in [1.54, 1.807) is 0 Å². The van der Waals surface area contributed by atoms with Crippen molar-refractivity contribution < 1.29 is 4.52 Å². The van der Waals surface area contributed by atoms with Gasteiger partial charge in [0.15, 0.2) is 5.82 Å². The van der Waals surface area contributed by atoms with Gasteiger partial charge in [0, 0.05) is 16.4 Å². The molecule has 118 valence electrons. The van der Waals surface area contributed by atoms with E-state index >= 15 is 0 Å². The minimum absolute atomic E-state index is 0.298. The molecule has 1 aliphatic rings. The number of benzene rings is 1. The number of aromatic nitrogens is 2. The highest BCUT2D eigenvalue weighted by molar-refractivity contribution is 9.10. The largest absolute Gasteiger partial charge is 0.338 e. The molecule has 1 saturated carbocycles. The highest BCUT2D eigenvalue weighted by Gasteiger charge is 2.29. The number of rotatable bonds is 7. The molecule has 0 spiro atoms. The van der Waals surface area contributed by atoms with Crippen LogP contribution in [0.1, 0.15) is 62.3 Å². The van der Waals surface area contributed by atoms with Crippen LogP contribution >= 0.6 is 15.9 Å². The van der Waals surface area contributed by atoms with Gasteiger partial charge in [-0.05, 0) is 44.4 Å². The van der Waals surface area contributed by atoms with E-state index in [0.717, 1.165) is 29.2 Å². The second kappa shape index (κ2) is 6.92. The van der Waals surface area contributed by atoms with E-state index in [1.165, 1.54) is 18.4 Å².